The first-order chi connectivity index (χ1) is 20.5. The topological polar surface area (TPSA) is 120 Å². The number of aromatic nitrogens is 6. The zero-order valence-corrected chi connectivity index (χ0v) is 22.8. The van der Waals surface area contributed by atoms with E-state index in [1.807, 2.05) is 0 Å². The summed E-state index contributed by atoms with van der Waals surface area (Å²) in [7, 11) is 0. The second-order valence-corrected chi connectivity index (χ2v) is 9.81. The minimum atomic E-state index is -4.96. The molecule has 0 spiro atoms. The number of hydrogen-bond donors (Lipinski definition) is 2. The predicted molar refractivity (Wildman–Crippen MR) is 147 cm³/mol. The second kappa shape index (κ2) is 12.2. The summed E-state index contributed by atoms with van der Waals surface area (Å²) in [6.07, 6.45) is -6.46. The molecule has 5 rings (SSSR count). The van der Waals surface area contributed by atoms with E-state index in [-0.39, 0.29) is 30.3 Å². The highest BCUT2D eigenvalue weighted by Gasteiger charge is 2.39. The quantitative estimate of drug-likeness (QED) is 0.242. The number of aliphatic hydroxyl groups is 1. The van der Waals surface area contributed by atoms with Crippen molar-refractivity contribution in [2.75, 3.05) is 0 Å². The molecule has 2 N–H and O–H groups in total. The highest BCUT2D eigenvalue weighted by molar-refractivity contribution is 6.30. The first-order valence-electron chi connectivity index (χ1n) is 12.7. The Hall–Kier alpha value is -4.82. The number of alkyl halides is 3. The van der Waals surface area contributed by atoms with Crippen LogP contribution in [0.3, 0.4) is 0 Å². The van der Waals surface area contributed by atoms with Crippen LogP contribution in [0.2, 0.25) is 5.02 Å². The van der Waals surface area contributed by atoms with Gasteiger partial charge in [0, 0.05) is 17.1 Å². The molecule has 1 amide bonds. The Morgan fingerprint density at radius 2 is 1.77 bits per heavy atom. The zero-order valence-electron chi connectivity index (χ0n) is 22.0. The summed E-state index contributed by atoms with van der Waals surface area (Å²) in [6, 6.07) is 18.3. The van der Waals surface area contributed by atoms with Gasteiger partial charge in [-0.2, -0.15) is 13.2 Å². The van der Waals surface area contributed by atoms with Gasteiger partial charge in [0.25, 0.3) is 5.91 Å². The van der Waals surface area contributed by atoms with Gasteiger partial charge in [-0.05, 0) is 54.1 Å². The van der Waals surface area contributed by atoms with E-state index in [0.717, 1.165) is 9.25 Å². The van der Waals surface area contributed by atoms with E-state index < -0.39 is 36.2 Å². The fourth-order valence-electron chi connectivity index (χ4n) is 4.21. The van der Waals surface area contributed by atoms with Crippen LogP contribution in [0.1, 0.15) is 21.7 Å². The van der Waals surface area contributed by atoms with E-state index in [1.54, 1.807) is 30.3 Å². The molecule has 0 aliphatic heterocycles. The molecule has 0 radical (unpaired) electrons. The summed E-state index contributed by atoms with van der Waals surface area (Å²) < 4.78 is 55.8. The standard InChI is InChI=1S/C28H22ClF4N7O3/c29-19-10-8-18(9-11-19)25-37-39(27(43)38(25)14-23(41)28(31,32)33)15-24-35-16-40(36-24)22-7-2-1-6-21(22)26(42)34-13-17-4-3-5-20(30)12-17/h1-12,16,23,41H,13-15H2,(H,34,42). The molecule has 1 atom stereocenters. The molecular weight excluding hydrogens is 594 g/mol. The lowest BCUT2D eigenvalue weighted by Crippen LogP contribution is -2.37. The van der Waals surface area contributed by atoms with Gasteiger partial charge in [-0.1, -0.05) is 35.9 Å². The maximum absolute atomic E-state index is 13.5. The highest BCUT2D eigenvalue weighted by atomic mass is 35.5. The molecular formula is C28H22ClF4N7O3. The normalized spacial score (nSPS) is 12.3. The smallest absolute Gasteiger partial charge is 0.382 e. The number of carbonyl (C=O) groups is 1. The molecule has 2 heterocycles. The Labute approximate surface area is 245 Å². The third kappa shape index (κ3) is 6.81. The summed E-state index contributed by atoms with van der Waals surface area (Å²) in [5.41, 5.74) is 0.529. The van der Waals surface area contributed by atoms with E-state index in [4.69, 9.17) is 11.6 Å². The lowest BCUT2D eigenvalue weighted by atomic mass is 10.1. The Morgan fingerprint density at radius 1 is 1.02 bits per heavy atom. The van der Waals surface area contributed by atoms with Crippen molar-refractivity contribution in [3.63, 3.8) is 0 Å². The van der Waals surface area contributed by atoms with Crippen LogP contribution in [0, 0.1) is 5.82 Å². The molecule has 0 bridgehead atoms. The number of carbonyl (C=O) groups excluding carboxylic acids is 1. The van der Waals surface area contributed by atoms with E-state index in [2.05, 4.69) is 20.5 Å². The monoisotopic (exact) mass is 615 g/mol. The fourth-order valence-corrected chi connectivity index (χ4v) is 4.33. The second-order valence-electron chi connectivity index (χ2n) is 9.37. The minimum Gasteiger partial charge on any atom is -0.382 e. The van der Waals surface area contributed by atoms with Gasteiger partial charge < -0.3 is 10.4 Å². The van der Waals surface area contributed by atoms with Crippen molar-refractivity contribution < 1.29 is 27.5 Å². The van der Waals surface area contributed by atoms with Crippen molar-refractivity contribution in [2.24, 2.45) is 0 Å². The number of nitrogens with one attached hydrogen (secondary N) is 1. The summed E-state index contributed by atoms with van der Waals surface area (Å²) in [5, 5.41) is 21.3. The molecule has 0 aliphatic carbocycles. The number of aliphatic hydroxyl groups excluding tert-OH is 1. The average Bonchev–Trinajstić information content (AvgIpc) is 3.56. The number of nitrogens with zero attached hydrogens (tertiary/aromatic N) is 6. The van der Waals surface area contributed by atoms with Gasteiger partial charge in [-0.15, -0.1) is 10.2 Å². The first kappa shape index (κ1) is 29.7. The zero-order chi connectivity index (χ0) is 30.7. The largest absolute Gasteiger partial charge is 0.416 e. The SMILES string of the molecule is O=C(NCc1cccc(F)c1)c1ccccc1-n1cnc(Cn2nc(-c3ccc(Cl)cc3)n(CC(O)C(F)(F)F)c2=O)n1. The number of benzene rings is 3. The number of amides is 1. The molecule has 0 saturated carbocycles. The van der Waals surface area contributed by atoms with Gasteiger partial charge in [0.15, 0.2) is 17.8 Å². The van der Waals surface area contributed by atoms with Gasteiger partial charge >= 0.3 is 11.9 Å². The van der Waals surface area contributed by atoms with E-state index in [9.17, 15) is 32.3 Å². The van der Waals surface area contributed by atoms with Gasteiger partial charge in [0.05, 0.1) is 17.8 Å². The maximum atomic E-state index is 13.5. The van der Waals surface area contributed by atoms with Crippen LogP contribution < -0.4 is 11.0 Å². The summed E-state index contributed by atoms with van der Waals surface area (Å²) >= 11 is 5.92. The van der Waals surface area contributed by atoms with Gasteiger partial charge in [0.2, 0.25) is 0 Å². The van der Waals surface area contributed by atoms with Crippen molar-refractivity contribution in [1.29, 1.82) is 0 Å². The third-order valence-electron chi connectivity index (χ3n) is 6.33. The molecule has 3 aromatic carbocycles. The van der Waals surface area contributed by atoms with E-state index >= 15 is 0 Å². The molecule has 0 fully saturated rings. The van der Waals surface area contributed by atoms with Crippen LogP contribution in [-0.2, 0) is 19.6 Å². The highest BCUT2D eigenvalue weighted by Crippen LogP contribution is 2.24. The molecule has 0 saturated heterocycles. The van der Waals surface area contributed by atoms with Crippen molar-refractivity contribution in [3.05, 3.63) is 117 Å². The van der Waals surface area contributed by atoms with Crippen molar-refractivity contribution in [1.82, 2.24) is 34.4 Å². The minimum absolute atomic E-state index is 0.0701. The molecule has 43 heavy (non-hydrogen) atoms. The third-order valence-corrected chi connectivity index (χ3v) is 6.58. The molecule has 15 heteroatoms. The van der Waals surface area contributed by atoms with Crippen LogP contribution in [-0.4, -0.2) is 52.4 Å². The average molecular weight is 616 g/mol. The fraction of sp³-hybridized carbons (Fsp3) is 0.179. The van der Waals surface area contributed by atoms with Crippen LogP contribution in [0.15, 0.2) is 83.9 Å². The predicted octanol–water partition coefficient (Wildman–Crippen LogP) is 3.99. The Bertz CT molecular complexity index is 1820. The molecule has 222 valence electrons. The Kier molecular flexibility index (Phi) is 8.41. The number of halogens is 5. The van der Waals surface area contributed by atoms with Crippen molar-refractivity contribution in [3.8, 4) is 17.1 Å². The molecule has 5 aromatic rings. The van der Waals surface area contributed by atoms with Crippen molar-refractivity contribution in [2.45, 2.75) is 31.9 Å². The van der Waals surface area contributed by atoms with Gasteiger partial charge in [0.1, 0.15) is 18.7 Å². The van der Waals surface area contributed by atoms with Crippen LogP contribution in [0.5, 0.6) is 0 Å². The summed E-state index contributed by atoms with van der Waals surface area (Å²) in [4.78, 5) is 30.3. The van der Waals surface area contributed by atoms with E-state index in [1.165, 1.54) is 53.5 Å². The lowest BCUT2D eigenvalue weighted by molar-refractivity contribution is -0.207. The van der Waals surface area contributed by atoms with Gasteiger partial charge in [-0.3, -0.25) is 9.36 Å². The number of rotatable bonds is 9. The molecule has 10 nitrogen and oxygen atoms in total. The van der Waals surface area contributed by atoms with E-state index in [0.29, 0.717) is 21.8 Å². The molecule has 0 aliphatic rings. The maximum Gasteiger partial charge on any atom is 0.416 e. The summed E-state index contributed by atoms with van der Waals surface area (Å²) in [5.74, 6) is -0.934. The Balaban J connectivity index is 1.40. The van der Waals surface area contributed by atoms with Crippen molar-refractivity contribution >= 4 is 17.5 Å². The number of hydrogen-bond acceptors (Lipinski definition) is 6. The van der Waals surface area contributed by atoms with Gasteiger partial charge in [-0.25, -0.2) is 23.5 Å². The van der Waals surface area contributed by atoms with Crippen LogP contribution in [0.25, 0.3) is 17.1 Å². The lowest BCUT2D eigenvalue weighted by Gasteiger charge is -2.15. The summed E-state index contributed by atoms with van der Waals surface area (Å²) in [6.45, 7) is -1.33. The van der Waals surface area contributed by atoms with Crippen LogP contribution >= 0.6 is 11.6 Å². The molecule has 2 aromatic heterocycles. The van der Waals surface area contributed by atoms with Crippen LogP contribution in [0.4, 0.5) is 17.6 Å². The first-order valence-corrected chi connectivity index (χ1v) is 13.1. The Morgan fingerprint density at radius 3 is 2.49 bits per heavy atom. The number of para-hydroxylation sites is 1. The molecule has 1 unspecified atom stereocenters.